The highest BCUT2D eigenvalue weighted by atomic mass is 19.1. The lowest BCUT2D eigenvalue weighted by atomic mass is 10.0. The molecule has 3 nitrogen and oxygen atoms in total. The monoisotopic (exact) mass is 336 g/mol. The maximum absolute atomic E-state index is 13.5. The van der Waals surface area contributed by atoms with Crippen LogP contribution in [0.25, 0.3) is 10.8 Å². The zero-order valence-electron chi connectivity index (χ0n) is 14.4. The number of aliphatic imine (C=N–C) groups is 1. The smallest absolute Gasteiger partial charge is 0.124 e. The fourth-order valence-corrected chi connectivity index (χ4v) is 2.94. The van der Waals surface area contributed by atoms with Gasteiger partial charge in [-0.1, -0.05) is 42.5 Å². The number of fused-ring (bicyclic) bond motifs is 1. The molecule has 0 aliphatic rings. The van der Waals surface area contributed by atoms with Gasteiger partial charge in [0.1, 0.15) is 11.6 Å². The van der Waals surface area contributed by atoms with Gasteiger partial charge < -0.3 is 10.0 Å². The minimum atomic E-state index is -0.250. The van der Waals surface area contributed by atoms with E-state index in [9.17, 15) is 9.50 Å². The minimum absolute atomic E-state index is 0.0379. The van der Waals surface area contributed by atoms with Gasteiger partial charge in [-0.2, -0.15) is 0 Å². The van der Waals surface area contributed by atoms with E-state index in [4.69, 9.17) is 0 Å². The third-order valence-electron chi connectivity index (χ3n) is 4.30. The Morgan fingerprint density at radius 1 is 1.08 bits per heavy atom. The standard InChI is InChI=1S/C21H21FN2O/c1-24(2)20(16-7-5-8-17(22)12-16)14-23-13-19-18-9-4-3-6-15(18)10-11-21(19)25/h3-13,20,25H,14H2,1-2H3/t20-/m0/s1. The molecule has 0 saturated heterocycles. The quantitative estimate of drug-likeness (QED) is 0.701. The molecule has 0 amide bonds. The highest BCUT2D eigenvalue weighted by Crippen LogP contribution is 2.26. The molecule has 1 N–H and O–H groups in total. The van der Waals surface area contributed by atoms with E-state index in [0.29, 0.717) is 12.1 Å². The summed E-state index contributed by atoms with van der Waals surface area (Å²) >= 11 is 0. The van der Waals surface area contributed by atoms with Crippen molar-refractivity contribution in [3.63, 3.8) is 0 Å². The van der Waals surface area contributed by atoms with E-state index in [1.54, 1.807) is 18.3 Å². The zero-order valence-corrected chi connectivity index (χ0v) is 14.4. The molecule has 3 aromatic rings. The van der Waals surface area contributed by atoms with E-state index in [0.717, 1.165) is 16.3 Å². The molecule has 25 heavy (non-hydrogen) atoms. The number of likely N-dealkylation sites (N-methyl/N-ethyl adjacent to an activating group) is 1. The summed E-state index contributed by atoms with van der Waals surface area (Å²) < 4.78 is 13.5. The number of nitrogens with zero attached hydrogens (tertiary/aromatic N) is 2. The van der Waals surface area contributed by atoms with Gasteiger partial charge in [-0.15, -0.1) is 0 Å². The molecular formula is C21H21FN2O. The SMILES string of the molecule is CN(C)[C@@H](CN=Cc1c(O)ccc2ccccc12)c1cccc(F)c1. The predicted molar refractivity (Wildman–Crippen MR) is 101 cm³/mol. The molecule has 0 unspecified atom stereocenters. The molecule has 3 rings (SSSR count). The van der Waals surface area contributed by atoms with Crippen LogP contribution in [0.3, 0.4) is 0 Å². The van der Waals surface area contributed by atoms with Crippen LogP contribution in [0.15, 0.2) is 65.7 Å². The number of hydrogen-bond donors (Lipinski definition) is 1. The van der Waals surface area contributed by atoms with Gasteiger partial charge in [0.25, 0.3) is 0 Å². The fraction of sp³-hybridized carbons (Fsp3) is 0.190. The van der Waals surface area contributed by atoms with Gasteiger partial charge in [-0.05, 0) is 48.6 Å². The fourth-order valence-electron chi connectivity index (χ4n) is 2.94. The molecule has 0 aliphatic carbocycles. The number of rotatable bonds is 5. The van der Waals surface area contributed by atoms with Crippen molar-refractivity contribution in [1.82, 2.24) is 4.90 Å². The first-order valence-corrected chi connectivity index (χ1v) is 8.18. The van der Waals surface area contributed by atoms with Gasteiger partial charge in [0.05, 0.1) is 12.6 Å². The normalized spacial score (nSPS) is 13.0. The minimum Gasteiger partial charge on any atom is -0.507 e. The van der Waals surface area contributed by atoms with E-state index in [1.807, 2.05) is 55.4 Å². The number of benzene rings is 3. The van der Waals surface area contributed by atoms with Gasteiger partial charge in [0.2, 0.25) is 0 Å². The Bertz CT molecular complexity index is 905. The Labute approximate surface area is 147 Å². The number of halogens is 1. The summed E-state index contributed by atoms with van der Waals surface area (Å²) in [6.45, 7) is 0.471. The Kier molecular flexibility index (Phi) is 5.10. The average molecular weight is 336 g/mol. The van der Waals surface area contributed by atoms with Crippen molar-refractivity contribution >= 4 is 17.0 Å². The second kappa shape index (κ2) is 7.45. The van der Waals surface area contributed by atoms with Crippen molar-refractivity contribution < 1.29 is 9.50 Å². The summed E-state index contributed by atoms with van der Waals surface area (Å²) in [6.07, 6.45) is 1.70. The van der Waals surface area contributed by atoms with Gasteiger partial charge in [0.15, 0.2) is 0 Å². The number of phenolic OH excluding ortho intramolecular Hbond substituents is 1. The molecule has 0 spiro atoms. The Hall–Kier alpha value is -2.72. The topological polar surface area (TPSA) is 35.8 Å². The van der Waals surface area contributed by atoms with Gasteiger partial charge in [-0.25, -0.2) is 4.39 Å². The lowest BCUT2D eigenvalue weighted by Gasteiger charge is -2.23. The Morgan fingerprint density at radius 3 is 2.64 bits per heavy atom. The van der Waals surface area contributed by atoms with Crippen molar-refractivity contribution in [3.05, 3.63) is 77.6 Å². The van der Waals surface area contributed by atoms with Gasteiger partial charge >= 0.3 is 0 Å². The summed E-state index contributed by atoms with van der Waals surface area (Å²) in [6, 6.07) is 18.0. The first-order valence-electron chi connectivity index (χ1n) is 8.18. The molecule has 128 valence electrons. The van der Waals surface area contributed by atoms with Crippen molar-refractivity contribution in [3.8, 4) is 5.75 Å². The Balaban J connectivity index is 1.88. The second-order valence-electron chi connectivity index (χ2n) is 6.25. The molecule has 0 saturated carbocycles. The summed E-state index contributed by atoms with van der Waals surface area (Å²) in [4.78, 5) is 6.54. The highest BCUT2D eigenvalue weighted by Gasteiger charge is 2.14. The molecule has 4 heteroatoms. The Morgan fingerprint density at radius 2 is 1.88 bits per heavy atom. The second-order valence-corrected chi connectivity index (χ2v) is 6.25. The van der Waals surface area contributed by atoms with E-state index < -0.39 is 0 Å². The van der Waals surface area contributed by atoms with Crippen LogP contribution in [0.2, 0.25) is 0 Å². The summed E-state index contributed by atoms with van der Waals surface area (Å²) in [7, 11) is 3.89. The predicted octanol–water partition coefficient (Wildman–Crippen LogP) is 4.41. The van der Waals surface area contributed by atoms with Crippen LogP contribution < -0.4 is 0 Å². The molecule has 0 heterocycles. The van der Waals surface area contributed by atoms with Crippen molar-refractivity contribution in [2.75, 3.05) is 20.6 Å². The van der Waals surface area contributed by atoms with Gasteiger partial charge in [-0.3, -0.25) is 4.99 Å². The summed E-state index contributed by atoms with van der Waals surface area (Å²) in [5.41, 5.74) is 1.58. The van der Waals surface area contributed by atoms with E-state index >= 15 is 0 Å². The number of phenols is 1. The van der Waals surface area contributed by atoms with E-state index in [-0.39, 0.29) is 17.6 Å². The zero-order chi connectivity index (χ0) is 17.8. The van der Waals surface area contributed by atoms with Crippen LogP contribution in [0.5, 0.6) is 5.75 Å². The number of hydrogen-bond acceptors (Lipinski definition) is 3. The first-order chi connectivity index (χ1) is 12.1. The summed E-state index contributed by atoms with van der Waals surface area (Å²) in [5, 5.41) is 12.2. The molecule has 0 aliphatic heterocycles. The largest absolute Gasteiger partial charge is 0.507 e. The van der Waals surface area contributed by atoms with E-state index in [2.05, 4.69) is 4.99 Å². The maximum Gasteiger partial charge on any atom is 0.124 e. The molecule has 0 aromatic heterocycles. The van der Waals surface area contributed by atoms with Crippen LogP contribution >= 0.6 is 0 Å². The van der Waals surface area contributed by atoms with E-state index in [1.165, 1.54) is 12.1 Å². The number of aromatic hydroxyl groups is 1. The van der Waals surface area contributed by atoms with Crippen LogP contribution in [-0.2, 0) is 0 Å². The lowest BCUT2D eigenvalue weighted by Crippen LogP contribution is -2.22. The van der Waals surface area contributed by atoms with Crippen molar-refractivity contribution in [1.29, 1.82) is 0 Å². The van der Waals surface area contributed by atoms with Crippen LogP contribution in [-0.4, -0.2) is 36.9 Å². The first kappa shape index (κ1) is 17.1. The molecule has 0 fully saturated rings. The van der Waals surface area contributed by atoms with Gasteiger partial charge in [0, 0.05) is 11.8 Å². The van der Waals surface area contributed by atoms with Crippen LogP contribution in [0.1, 0.15) is 17.2 Å². The molecule has 1 atom stereocenters. The maximum atomic E-state index is 13.5. The van der Waals surface area contributed by atoms with Crippen LogP contribution in [0.4, 0.5) is 4.39 Å². The molecule has 3 aromatic carbocycles. The summed E-state index contributed by atoms with van der Waals surface area (Å²) in [5.74, 6) is -0.0466. The lowest BCUT2D eigenvalue weighted by molar-refractivity contribution is 0.306. The third-order valence-corrected chi connectivity index (χ3v) is 4.30. The van der Waals surface area contributed by atoms with Crippen LogP contribution in [0, 0.1) is 5.82 Å². The van der Waals surface area contributed by atoms with Crippen molar-refractivity contribution in [2.24, 2.45) is 4.99 Å². The molecular weight excluding hydrogens is 315 g/mol. The molecule has 0 bridgehead atoms. The third kappa shape index (κ3) is 3.86. The average Bonchev–Trinajstić information content (AvgIpc) is 2.60. The highest BCUT2D eigenvalue weighted by molar-refractivity contribution is 6.02. The molecule has 0 radical (unpaired) electrons. The van der Waals surface area contributed by atoms with Crippen molar-refractivity contribution in [2.45, 2.75) is 6.04 Å².